The van der Waals surface area contributed by atoms with Crippen molar-refractivity contribution in [2.45, 2.75) is 51.2 Å². The van der Waals surface area contributed by atoms with Crippen LogP contribution in [0.3, 0.4) is 0 Å². The van der Waals surface area contributed by atoms with E-state index in [1.807, 2.05) is 36.4 Å². The van der Waals surface area contributed by atoms with Gasteiger partial charge in [-0.15, -0.1) is 0 Å². The zero-order valence-electron chi connectivity index (χ0n) is 21.8. The maximum absolute atomic E-state index is 15.0. The van der Waals surface area contributed by atoms with Crippen LogP contribution in [0.5, 0.6) is 5.75 Å². The molecule has 4 nitrogen and oxygen atoms in total. The molecule has 2 aliphatic rings. The number of hydrogen-bond acceptors (Lipinski definition) is 4. The normalized spacial score (nSPS) is 17.1. The van der Waals surface area contributed by atoms with E-state index >= 15 is 0 Å². The Labute approximate surface area is 233 Å². The molecule has 1 aliphatic carbocycles. The number of rotatable bonds is 8. The third kappa shape index (κ3) is 6.17. The number of esters is 1. The molecular formula is C31H32Cl2FNO3. The highest BCUT2D eigenvalue weighted by molar-refractivity contribution is 6.42. The molecule has 1 heterocycles. The molecule has 200 valence electrons. The summed E-state index contributed by atoms with van der Waals surface area (Å²) in [4.78, 5) is 14.9. The molecule has 0 bridgehead atoms. The molecule has 0 aromatic heterocycles. The van der Waals surface area contributed by atoms with Gasteiger partial charge in [0.25, 0.3) is 0 Å². The van der Waals surface area contributed by atoms with E-state index in [2.05, 4.69) is 17.0 Å². The number of ether oxygens (including phenoxy) is 2. The lowest BCUT2D eigenvalue weighted by Gasteiger charge is -2.44. The minimum Gasteiger partial charge on any atom is -0.493 e. The van der Waals surface area contributed by atoms with Gasteiger partial charge in [0.05, 0.1) is 28.3 Å². The van der Waals surface area contributed by atoms with Crippen LogP contribution in [0.2, 0.25) is 10.0 Å². The van der Waals surface area contributed by atoms with Crippen LogP contribution < -0.4 is 4.74 Å². The summed E-state index contributed by atoms with van der Waals surface area (Å²) in [6, 6.07) is 19.1. The SMILES string of the molecule is CC(C)(C)OC(=O)c1cc(C2CC2)c(OCC2CN(C(c3ccccc3)c3ccc(Cl)c(Cl)c3)C2)cc1F. The maximum Gasteiger partial charge on any atom is 0.341 e. The molecule has 1 atom stereocenters. The van der Waals surface area contributed by atoms with E-state index in [9.17, 15) is 9.18 Å². The van der Waals surface area contributed by atoms with Crippen molar-refractivity contribution in [2.75, 3.05) is 19.7 Å². The van der Waals surface area contributed by atoms with Gasteiger partial charge in [-0.2, -0.15) is 0 Å². The summed E-state index contributed by atoms with van der Waals surface area (Å²) in [6.45, 7) is 7.45. The standard InChI is InChI=1S/C31H32Cl2FNO3/c1-31(2,3)38-30(36)24-14-23(20-9-10-20)28(15-27(24)34)37-18-19-16-35(17-19)29(21-7-5-4-6-8-21)22-11-12-25(32)26(33)13-22/h4-8,11-15,19-20,29H,9-10,16-18H2,1-3H3. The molecule has 5 rings (SSSR count). The van der Waals surface area contributed by atoms with E-state index in [0.717, 1.165) is 37.1 Å². The van der Waals surface area contributed by atoms with Gasteiger partial charge in [0.1, 0.15) is 17.2 Å². The second kappa shape index (κ2) is 10.9. The van der Waals surface area contributed by atoms with Crippen molar-refractivity contribution in [2.24, 2.45) is 5.92 Å². The predicted molar refractivity (Wildman–Crippen MR) is 149 cm³/mol. The Morgan fingerprint density at radius 1 is 1.00 bits per heavy atom. The third-order valence-corrected chi connectivity index (χ3v) is 7.67. The molecule has 38 heavy (non-hydrogen) atoms. The zero-order valence-corrected chi connectivity index (χ0v) is 23.4. The van der Waals surface area contributed by atoms with Crippen molar-refractivity contribution in [3.8, 4) is 5.75 Å². The lowest BCUT2D eigenvalue weighted by Crippen LogP contribution is -2.51. The summed E-state index contributed by atoms with van der Waals surface area (Å²) in [5.41, 5.74) is 2.43. The highest BCUT2D eigenvalue weighted by Gasteiger charge is 2.36. The molecule has 3 aromatic carbocycles. The first kappa shape index (κ1) is 27.0. The zero-order chi connectivity index (χ0) is 27.0. The van der Waals surface area contributed by atoms with E-state index in [0.29, 0.717) is 34.2 Å². The van der Waals surface area contributed by atoms with E-state index in [1.54, 1.807) is 26.8 Å². The minimum atomic E-state index is -0.691. The van der Waals surface area contributed by atoms with E-state index in [1.165, 1.54) is 11.6 Å². The Morgan fingerprint density at radius 3 is 2.34 bits per heavy atom. The van der Waals surface area contributed by atoms with Gasteiger partial charge in [-0.25, -0.2) is 9.18 Å². The monoisotopic (exact) mass is 555 g/mol. The van der Waals surface area contributed by atoms with Crippen molar-refractivity contribution < 1.29 is 18.7 Å². The van der Waals surface area contributed by atoms with Gasteiger partial charge >= 0.3 is 5.97 Å². The number of hydrogen-bond donors (Lipinski definition) is 0. The second-order valence-corrected chi connectivity index (χ2v) is 12.1. The van der Waals surface area contributed by atoms with E-state index in [4.69, 9.17) is 32.7 Å². The molecule has 1 unspecified atom stereocenters. The number of benzene rings is 3. The van der Waals surface area contributed by atoms with E-state index < -0.39 is 17.4 Å². The van der Waals surface area contributed by atoms with Crippen LogP contribution in [0, 0.1) is 11.7 Å². The van der Waals surface area contributed by atoms with Crippen molar-refractivity contribution in [3.05, 3.63) is 98.8 Å². The summed E-state index contributed by atoms with van der Waals surface area (Å²) in [5, 5.41) is 1.07. The van der Waals surface area contributed by atoms with Gasteiger partial charge in [0.2, 0.25) is 0 Å². The quantitative estimate of drug-likeness (QED) is 0.263. The molecule has 0 amide bonds. The van der Waals surface area contributed by atoms with Gasteiger partial charge in [-0.3, -0.25) is 4.90 Å². The van der Waals surface area contributed by atoms with Crippen molar-refractivity contribution in [1.29, 1.82) is 0 Å². The summed E-state index contributed by atoms with van der Waals surface area (Å²) in [5.74, 6) is -0.142. The van der Waals surface area contributed by atoms with Crippen LogP contribution in [0.1, 0.15) is 72.6 Å². The fraction of sp³-hybridized carbons (Fsp3) is 0.387. The first-order chi connectivity index (χ1) is 18.1. The van der Waals surface area contributed by atoms with Crippen LogP contribution in [-0.2, 0) is 4.74 Å². The summed E-state index contributed by atoms with van der Waals surface area (Å²) in [6.07, 6.45) is 2.02. The topological polar surface area (TPSA) is 38.8 Å². The number of likely N-dealkylation sites (tertiary alicyclic amines) is 1. The smallest absolute Gasteiger partial charge is 0.341 e. The second-order valence-electron chi connectivity index (χ2n) is 11.3. The Morgan fingerprint density at radius 2 is 1.71 bits per heavy atom. The number of halogens is 3. The molecule has 1 saturated heterocycles. The Bertz CT molecular complexity index is 1310. The number of nitrogens with zero attached hydrogens (tertiary/aromatic N) is 1. The lowest BCUT2D eigenvalue weighted by molar-refractivity contribution is 0.00643. The van der Waals surface area contributed by atoms with E-state index in [-0.39, 0.29) is 11.6 Å². The molecule has 0 N–H and O–H groups in total. The predicted octanol–water partition coefficient (Wildman–Crippen LogP) is 8.07. The van der Waals surface area contributed by atoms with Gasteiger partial charge in [-0.1, -0.05) is 59.6 Å². The van der Waals surface area contributed by atoms with Crippen LogP contribution >= 0.6 is 23.2 Å². The van der Waals surface area contributed by atoms with Crippen LogP contribution in [0.25, 0.3) is 0 Å². The summed E-state index contributed by atoms with van der Waals surface area (Å²) in [7, 11) is 0. The van der Waals surface area contributed by atoms with Gasteiger partial charge in [0, 0.05) is 25.1 Å². The molecule has 2 fully saturated rings. The molecule has 0 radical (unpaired) electrons. The van der Waals surface area contributed by atoms with Crippen LogP contribution in [0.15, 0.2) is 60.7 Å². The highest BCUT2D eigenvalue weighted by Crippen LogP contribution is 2.45. The molecule has 0 spiro atoms. The van der Waals surface area contributed by atoms with Crippen molar-refractivity contribution in [3.63, 3.8) is 0 Å². The van der Waals surface area contributed by atoms with Gasteiger partial charge in [-0.05, 0) is 74.4 Å². The van der Waals surface area contributed by atoms with Crippen molar-refractivity contribution >= 4 is 29.2 Å². The first-order valence-electron chi connectivity index (χ1n) is 13.0. The molecule has 1 aliphatic heterocycles. The average Bonchev–Trinajstić information content (AvgIpc) is 3.67. The Kier molecular flexibility index (Phi) is 7.72. The van der Waals surface area contributed by atoms with Crippen molar-refractivity contribution in [1.82, 2.24) is 4.90 Å². The fourth-order valence-corrected chi connectivity index (χ4v) is 5.27. The third-order valence-electron chi connectivity index (χ3n) is 6.94. The summed E-state index contributed by atoms with van der Waals surface area (Å²) >= 11 is 12.5. The molecule has 7 heteroatoms. The Balaban J connectivity index is 1.28. The Hall–Kier alpha value is -2.60. The summed E-state index contributed by atoms with van der Waals surface area (Å²) < 4.78 is 26.5. The molecule has 1 saturated carbocycles. The molecule has 3 aromatic rings. The minimum absolute atomic E-state index is 0.0312. The highest BCUT2D eigenvalue weighted by atomic mass is 35.5. The number of carbonyl (C=O) groups excluding carboxylic acids is 1. The fourth-order valence-electron chi connectivity index (χ4n) is 4.97. The van der Waals surface area contributed by atoms with Gasteiger partial charge < -0.3 is 9.47 Å². The maximum atomic E-state index is 15.0. The van der Waals surface area contributed by atoms with Crippen LogP contribution in [-0.4, -0.2) is 36.2 Å². The number of carbonyl (C=O) groups is 1. The van der Waals surface area contributed by atoms with Gasteiger partial charge in [0.15, 0.2) is 0 Å². The van der Waals surface area contributed by atoms with Crippen LogP contribution in [0.4, 0.5) is 4.39 Å². The largest absolute Gasteiger partial charge is 0.493 e. The first-order valence-corrected chi connectivity index (χ1v) is 13.8. The molecular weight excluding hydrogens is 524 g/mol. The average molecular weight is 557 g/mol. The lowest BCUT2D eigenvalue weighted by atomic mass is 9.90.